The van der Waals surface area contributed by atoms with Crippen molar-refractivity contribution in [3.05, 3.63) is 10.6 Å². The van der Waals surface area contributed by atoms with Crippen LogP contribution < -0.4 is 0 Å². The van der Waals surface area contributed by atoms with E-state index >= 15 is 0 Å². The topological polar surface area (TPSA) is 33.6 Å². The zero-order valence-electron chi connectivity index (χ0n) is 8.26. The molecule has 0 amide bonds. The summed E-state index contributed by atoms with van der Waals surface area (Å²) >= 11 is 4.74. The predicted molar refractivity (Wildman–Crippen MR) is 52.1 cm³/mol. The minimum absolute atomic E-state index is 0.0263. The van der Waals surface area contributed by atoms with E-state index < -0.39 is 12.7 Å². The molecule has 0 atom stereocenters. The van der Waals surface area contributed by atoms with Crippen LogP contribution in [0.2, 0.25) is 0 Å². The molecule has 0 saturated heterocycles. The molecule has 1 aromatic heterocycles. The number of alkyl halides is 3. The Morgan fingerprint density at radius 3 is 2.67 bits per heavy atom. The van der Waals surface area contributed by atoms with Crippen molar-refractivity contribution in [2.45, 2.75) is 38.9 Å². The summed E-state index contributed by atoms with van der Waals surface area (Å²) in [5, 5.41) is 6.17. The van der Waals surface area contributed by atoms with Crippen molar-refractivity contribution in [2.75, 3.05) is 0 Å². The Labute approximate surface area is 90.3 Å². The van der Waals surface area contributed by atoms with Gasteiger partial charge in [-0.05, 0) is 18.6 Å². The fourth-order valence-corrected chi connectivity index (χ4v) is 1.43. The first kappa shape index (κ1) is 12.2. The van der Waals surface area contributed by atoms with Gasteiger partial charge in [0, 0.05) is 6.42 Å². The molecule has 0 radical (unpaired) electrons. The number of nitrogens with zero attached hydrogens (tertiary/aromatic N) is 2. The van der Waals surface area contributed by atoms with Crippen molar-refractivity contribution >= 4 is 12.2 Å². The van der Waals surface area contributed by atoms with Crippen molar-refractivity contribution in [3.63, 3.8) is 0 Å². The van der Waals surface area contributed by atoms with Gasteiger partial charge >= 0.3 is 6.18 Å². The summed E-state index contributed by atoms with van der Waals surface area (Å²) < 4.78 is 37.6. The second-order valence-corrected chi connectivity index (χ2v) is 3.64. The van der Waals surface area contributed by atoms with E-state index in [1.54, 1.807) is 0 Å². The van der Waals surface area contributed by atoms with Gasteiger partial charge in [0.25, 0.3) is 0 Å². The average Bonchev–Trinajstić information content (AvgIpc) is 2.43. The van der Waals surface area contributed by atoms with E-state index in [0.717, 1.165) is 17.4 Å². The van der Waals surface area contributed by atoms with Crippen LogP contribution in [-0.2, 0) is 13.0 Å². The average molecular weight is 239 g/mol. The third-order valence-corrected chi connectivity index (χ3v) is 2.24. The van der Waals surface area contributed by atoms with E-state index in [1.807, 2.05) is 6.92 Å². The molecule has 3 nitrogen and oxygen atoms in total. The first-order valence-corrected chi connectivity index (χ1v) is 5.05. The highest BCUT2D eigenvalue weighted by Gasteiger charge is 2.29. The number of aromatic nitrogens is 3. The molecule has 1 aromatic rings. The second-order valence-electron chi connectivity index (χ2n) is 3.25. The van der Waals surface area contributed by atoms with Gasteiger partial charge in [-0.1, -0.05) is 13.3 Å². The third kappa shape index (κ3) is 3.65. The van der Waals surface area contributed by atoms with Crippen LogP contribution >= 0.6 is 12.2 Å². The van der Waals surface area contributed by atoms with Crippen molar-refractivity contribution in [1.29, 1.82) is 0 Å². The lowest BCUT2D eigenvalue weighted by Crippen LogP contribution is -2.19. The molecule has 0 aliphatic heterocycles. The largest absolute Gasteiger partial charge is 0.406 e. The minimum atomic E-state index is -4.26. The molecular formula is C8H12F3N3S. The maximum Gasteiger partial charge on any atom is 0.406 e. The SMILES string of the molecule is CCCCc1n[nH]c(=S)n1CC(F)(F)F. The summed E-state index contributed by atoms with van der Waals surface area (Å²) in [5.74, 6) is 0.374. The quantitative estimate of drug-likeness (QED) is 0.820. The zero-order valence-corrected chi connectivity index (χ0v) is 9.08. The van der Waals surface area contributed by atoms with Crippen LogP contribution in [-0.4, -0.2) is 20.9 Å². The number of halogens is 3. The smallest absolute Gasteiger partial charge is 0.295 e. The van der Waals surface area contributed by atoms with Crippen LogP contribution in [0.5, 0.6) is 0 Å². The summed E-state index contributed by atoms with van der Waals surface area (Å²) in [4.78, 5) is 0. The van der Waals surface area contributed by atoms with Gasteiger partial charge in [0.1, 0.15) is 12.4 Å². The highest BCUT2D eigenvalue weighted by Crippen LogP contribution is 2.18. The van der Waals surface area contributed by atoms with Crippen molar-refractivity contribution in [3.8, 4) is 0 Å². The second kappa shape index (κ2) is 4.78. The molecule has 0 aromatic carbocycles. The highest BCUT2D eigenvalue weighted by atomic mass is 32.1. The number of hydrogen-bond acceptors (Lipinski definition) is 2. The normalized spacial score (nSPS) is 12.0. The van der Waals surface area contributed by atoms with Crippen LogP contribution in [0, 0.1) is 4.77 Å². The standard InChI is InChI=1S/C8H12F3N3S/c1-2-3-4-6-12-13-7(15)14(6)5-8(9,10)11/h2-5H2,1H3,(H,13,15). The van der Waals surface area contributed by atoms with E-state index in [2.05, 4.69) is 10.2 Å². The zero-order chi connectivity index (χ0) is 11.5. The number of rotatable bonds is 4. The van der Waals surface area contributed by atoms with Crippen molar-refractivity contribution in [2.24, 2.45) is 0 Å². The van der Waals surface area contributed by atoms with Crippen LogP contribution in [0.25, 0.3) is 0 Å². The Balaban J connectivity index is 2.85. The number of aryl methyl sites for hydroxylation is 1. The molecule has 0 aliphatic rings. The maximum atomic E-state index is 12.2. The Hall–Kier alpha value is -0.850. The van der Waals surface area contributed by atoms with Crippen molar-refractivity contribution in [1.82, 2.24) is 14.8 Å². The lowest BCUT2D eigenvalue weighted by atomic mass is 10.2. The van der Waals surface area contributed by atoms with E-state index in [-0.39, 0.29) is 4.77 Å². The number of hydrogen-bond donors (Lipinski definition) is 1. The lowest BCUT2D eigenvalue weighted by Gasteiger charge is -2.09. The Morgan fingerprint density at radius 2 is 2.13 bits per heavy atom. The molecule has 0 fully saturated rings. The van der Waals surface area contributed by atoms with Gasteiger partial charge in [-0.25, -0.2) is 0 Å². The Kier molecular flexibility index (Phi) is 3.90. The predicted octanol–water partition coefficient (Wildman–Crippen LogP) is 2.85. The molecule has 86 valence electrons. The maximum absolute atomic E-state index is 12.2. The van der Waals surface area contributed by atoms with Crippen LogP contribution in [0.3, 0.4) is 0 Å². The van der Waals surface area contributed by atoms with Gasteiger partial charge in [-0.3, -0.25) is 9.67 Å². The molecule has 0 aliphatic carbocycles. The van der Waals surface area contributed by atoms with Gasteiger partial charge in [-0.2, -0.15) is 18.3 Å². The summed E-state index contributed by atoms with van der Waals surface area (Å²) in [6, 6.07) is 0. The molecule has 15 heavy (non-hydrogen) atoms. The molecule has 0 bridgehead atoms. The lowest BCUT2D eigenvalue weighted by molar-refractivity contribution is -0.141. The summed E-state index contributed by atoms with van der Waals surface area (Å²) in [5.41, 5.74) is 0. The Bertz CT molecular complexity index is 366. The number of nitrogens with one attached hydrogen (secondary N) is 1. The van der Waals surface area contributed by atoms with E-state index in [1.165, 1.54) is 0 Å². The highest BCUT2D eigenvalue weighted by molar-refractivity contribution is 7.71. The number of H-pyrrole nitrogens is 1. The molecule has 1 rings (SSSR count). The van der Waals surface area contributed by atoms with E-state index in [0.29, 0.717) is 12.2 Å². The third-order valence-electron chi connectivity index (χ3n) is 1.93. The van der Waals surface area contributed by atoms with Gasteiger partial charge in [-0.15, -0.1) is 0 Å². The molecular weight excluding hydrogens is 227 g/mol. The van der Waals surface area contributed by atoms with Gasteiger partial charge in [0.2, 0.25) is 0 Å². The number of aromatic amines is 1. The summed E-state index contributed by atoms with van der Waals surface area (Å²) in [6.07, 6.45) is -2.04. The first-order valence-electron chi connectivity index (χ1n) is 4.65. The fourth-order valence-electron chi connectivity index (χ4n) is 1.22. The fraction of sp³-hybridized carbons (Fsp3) is 0.750. The van der Waals surface area contributed by atoms with Gasteiger partial charge in [0.15, 0.2) is 4.77 Å². The Morgan fingerprint density at radius 1 is 1.47 bits per heavy atom. The van der Waals surface area contributed by atoms with Crippen LogP contribution in [0.15, 0.2) is 0 Å². The molecule has 0 unspecified atom stereocenters. The first-order chi connectivity index (χ1) is 6.94. The molecule has 0 saturated carbocycles. The molecule has 0 spiro atoms. The minimum Gasteiger partial charge on any atom is -0.295 e. The summed E-state index contributed by atoms with van der Waals surface area (Å²) in [6.45, 7) is 0.900. The molecule has 1 heterocycles. The van der Waals surface area contributed by atoms with E-state index in [4.69, 9.17) is 12.2 Å². The number of unbranched alkanes of at least 4 members (excludes halogenated alkanes) is 1. The molecule has 1 N–H and O–H groups in total. The monoisotopic (exact) mass is 239 g/mol. The van der Waals surface area contributed by atoms with Crippen molar-refractivity contribution < 1.29 is 13.2 Å². The van der Waals surface area contributed by atoms with E-state index in [9.17, 15) is 13.2 Å². The van der Waals surface area contributed by atoms with Crippen LogP contribution in [0.1, 0.15) is 25.6 Å². The van der Waals surface area contributed by atoms with Gasteiger partial charge in [0.05, 0.1) is 0 Å². The summed E-state index contributed by atoms with van der Waals surface area (Å²) in [7, 11) is 0. The molecule has 7 heteroatoms. The van der Waals surface area contributed by atoms with Crippen LogP contribution in [0.4, 0.5) is 13.2 Å². The van der Waals surface area contributed by atoms with Gasteiger partial charge < -0.3 is 0 Å².